The minimum Gasteiger partial charge on any atom is -0.400 e. The van der Waals surface area contributed by atoms with E-state index < -0.39 is 12.1 Å². The number of hydrogen-bond acceptors (Lipinski definition) is 4. The molecular formula is C8H8F3NO2S. The number of halogens is 3. The van der Waals surface area contributed by atoms with Gasteiger partial charge in [-0.1, -0.05) is 13.8 Å². The number of ether oxygens (including phenoxy) is 1. The van der Waals surface area contributed by atoms with Gasteiger partial charge < -0.3 is 4.74 Å². The molecule has 0 aliphatic heterocycles. The normalized spacial score (nSPS) is 11.9. The summed E-state index contributed by atoms with van der Waals surface area (Å²) in [4.78, 5) is 14.2. The van der Waals surface area contributed by atoms with Gasteiger partial charge in [0, 0.05) is 5.92 Å². The maximum absolute atomic E-state index is 11.8. The lowest BCUT2D eigenvalue weighted by Crippen LogP contribution is -2.28. The van der Waals surface area contributed by atoms with Gasteiger partial charge in [0.15, 0.2) is 0 Å². The van der Waals surface area contributed by atoms with E-state index in [-0.39, 0.29) is 11.8 Å². The van der Waals surface area contributed by atoms with E-state index in [1.54, 1.807) is 0 Å². The van der Waals surface area contributed by atoms with Crippen molar-refractivity contribution in [2.24, 2.45) is 0 Å². The van der Waals surface area contributed by atoms with Crippen LogP contribution in [0.5, 0.6) is 5.88 Å². The van der Waals surface area contributed by atoms with E-state index >= 15 is 0 Å². The summed E-state index contributed by atoms with van der Waals surface area (Å²) >= 11 is 1.15. The van der Waals surface area contributed by atoms with Crippen molar-refractivity contribution in [3.63, 3.8) is 0 Å². The Morgan fingerprint density at radius 2 is 2.13 bits per heavy atom. The Bertz CT molecular complexity index is 359. The first-order valence-electron chi connectivity index (χ1n) is 4.05. The minimum atomic E-state index is -4.98. The molecule has 84 valence electrons. The monoisotopic (exact) mass is 239 g/mol. The molecule has 1 aromatic heterocycles. The third-order valence-electron chi connectivity index (χ3n) is 1.42. The molecule has 0 aliphatic rings. The van der Waals surface area contributed by atoms with Crippen molar-refractivity contribution in [1.82, 2.24) is 4.98 Å². The standard InChI is InChI=1S/C8H8F3NO2S/c1-4(2)6-12-5(3-15-6)14-7(13)8(9,10)11/h3-4H,1-2H3. The number of carbonyl (C=O) groups excluding carboxylic acids is 1. The van der Waals surface area contributed by atoms with Crippen LogP contribution in [0.25, 0.3) is 0 Å². The van der Waals surface area contributed by atoms with Crippen molar-refractivity contribution >= 4 is 17.3 Å². The van der Waals surface area contributed by atoms with Crippen LogP contribution in [0.3, 0.4) is 0 Å². The van der Waals surface area contributed by atoms with Crippen molar-refractivity contribution in [1.29, 1.82) is 0 Å². The van der Waals surface area contributed by atoms with E-state index in [1.807, 2.05) is 13.8 Å². The third kappa shape index (κ3) is 3.19. The largest absolute Gasteiger partial charge is 0.491 e. The van der Waals surface area contributed by atoms with Gasteiger partial charge in [-0.2, -0.15) is 13.2 Å². The summed E-state index contributed by atoms with van der Waals surface area (Å²) in [6.07, 6.45) is -4.98. The predicted octanol–water partition coefficient (Wildman–Crippen LogP) is 2.73. The lowest BCUT2D eigenvalue weighted by Gasteiger charge is -2.03. The Morgan fingerprint density at radius 1 is 1.53 bits per heavy atom. The van der Waals surface area contributed by atoms with E-state index in [1.165, 1.54) is 5.38 Å². The number of rotatable bonds is 2. The van der Waals surface area contributed by atoms with Crippen LogP contribution in [0.15, 0.2) is 5.38 Å². The Hall–Kier alpha value is -1.11. The molecule has 0 unspecified atom stereocenters. The Balaban J connectivity index is 2.70. The first-order valence-corrected chi connectivity index (χ1v) is 4.93. The van der Waals surface area contributed by atoms with Crippen LogP contribution < -0.4 is 4.74 Å². The number of hydrogen-bond donors (Lipinski definition) is 0. The molecule has 0 aliphatic carbocycles. The van der Waals surface area contributed by atoms with E-state index in [4.69, 9.17) is 0 Å². The van der Waals surface area contributed by atoms with E-state index in [2.05, 4.69) is 9.72 Å². The van der Waals surface area contributed by atoms with Crippen molar-refractivity contribution in [2.75, 3.05) is 0 Å². The highest BCUT2D eigenvalue weighted by molar-refractivity contribution is 7.09. The van der Waals surface area contributed by atoms with Crippen LogP contribution in [0.2, 0.25) is 0 Å². The fourth-order valence-corrected chi connectivity index (χ4v) is 1.47. The van der Waals surface area contributed by atoms with Gasteiger partial charge in [-0.3, -0.25) is 0 Å². The van der Waals surface area contributed by atoms with Gasteiger partial charge in [-0.05, 0) is 0 Å². The van der Waals surface area contributed by atoms with Crippen LogP contribution in [-0.4, -0.2) is 17.1 Å². The topological polar surface area (TPSA) is 39.2 Å². The molecule has 0 atom stereocenters. The number of thiazole rings is 1. The lowest BCUT2D eigenvalue weighted by molar-refractivity contribution is -0.189. The van der Waals surface area contributed by atoms with Gasteiger partial charge in [0.05, 0.1) is 10.4 Å². The summed E-state index contributed by atoms with van der Waals surface area (Å²) in [5.74, 6) is -2.46. The summed E-state index contributed by atoms with van der Waals surface area (Å²) in [5, 5.41) is 1.90. The number of aromatic nitrogens is 1. The summed E-state index contributed by atoms with van der Waals surface area (Å²) in [6.45, 7) is 3.68. The molecule has 0 saturated carbocycles. The van der Waals surface area contributed by atoms with E-state index in [0.29, 0.717) is 5.01 Å². The second-order valence-corrected chi connectivity index (χ2v) is 3.96. The fourth-order valence-electron chi connectivity index (χ4n) is 0.737. The molecule has 7 heteroatoms. The van der Waals surface area contributed by atoms with Crippen LogP contribution in [-0.2, 0) is 4.79 Å². The molecule has 1 rings (SSSR count). The van der Waals surface area contributed by atoms with Crippen molar-refractivity contribution in [3.8, 4) is 5.88 Å². The maximum atomic E-state index is 11.8. The molecule has 0 spiro atoms. The lowest BCUT2D eigenvalue weighted by atomic mass is 10.2. The molecule has 0 radical (unpaired) electrons. The SMILES string of the molecule is CC(C)c1nc(OC(=O)C(F)(F)F)cs1. The van der Waals surface area contributed by atoms with Crippen LogP contribution in [0.1, 0.15) is 24.8 Å². The zero-order valence-corrected chi connectivity index (χ0v) is 8.78. The summed E-state index contributed by atoms with van der Waals surface area (Å²) < 4.78 is 39.4. The second kappa shape index (κ2) is 4.18. The highest BCUT2D eigenvalue weighted by atomic mass is 32.1. The zero-order chi connectivity index (χ0) is 11.6. The average Bonchev–Trinajstić information content (AvgIpc) is 2.50. The number of nitrogens with zero attached hydrogens (tertiary/aromatic N) is 1. The molecule has 0 saturated heterocycles. The smallest absolute Gasteiger partial charge is 0.400 e. The van der Waals surface area contributed by atoms with Crippen molar-refractivity contribution in [2.45, 2.75) is 25.9 Å². The van der Waals surface area contributed by atoms with Crippen LogP contribution >= 0.6 is 11.3 Å². The summed E-state index contributed by atoms with van der Waals surface area (Å²) in [5.41, 5.74) is 0. The molecule has 15 heavy (non-hydrogen) atoms. The number of carbonyl (C=O) groups is 1. The molecule has 1 aromatic rings. The van der Waals surface area contributed by atoms with E-state index in [0.717, 1.165) is 11.3 Å². The zero-order valence-electron chi connectivity index (χ0n) is 7.96. The van der Waals surface area contributed by atoms with Crippen LogP contribution in [0.4, 0.5) is 13.2 Å². The first-order chi connectivity index (χ1) is 6.80. The van der Waals surface area contributed by atoms with Crippen molar-refractivity contribution in [3.05, 3.63) is 10.4 Å². The minimum absolute atomic E-state index is 0.0911. The average molecular weight is 239 g/mol. The quantitative estimate of drug-likeness (QED) is 0.745. The summed E-state index contributed by atoms with van der Waals surface area (Å²) in [7, 11) is 0. The van der Waals surface area contributed by atoms with Gasteiger partial charge in [-0.25, -0.2) is 9.78 Å². The van der Waals surface area contributed by atoms with Crippen LogP contribution in [0, 0.1) is 0 Å². The Labute approximate surface area is 87.9 Å². The molecule has 3 nitrogen and oxygen atoms in total. The summed E-state index contributed by atoms with van der Waals surface area (Å²) in [6, 6.07) is 0. The highest BCUT2D eigenvalue weighted by Crippen LogP contribution is 2.25. The maximum Gasteiger partial charge on any atom is 0.491 e. The van der Waals surface area contributed by atoms with Gasteiger partial charge in [0.2, 0.25) is 5.88 Å². The second-order valence-electron chi connectivity index (χ2n) is 3.07. The molecule has 0 N–H and O–H groups in total. The highest BCUT2D eigenvalue weighted by Gasteiger charge is 2.41. The molecular weight excluding hydrogens is 231 g/mol. The fraction of sp³-hybridized carbons (Fsp3) is 0.500. The third-order valence-corrected chi connectivity index (χ3v) is 2.55. The Kier molecular flexibility index (Phi) is 3.33. The Morgan fingerprint density at radius 3 is 2.53 bits per heavy atom. The van der Waals surface area contributed by atoms with Gasteiger partial charge in [-0.15, -0.1) is 11.3 Å². The predicted molar refractivity (Wildman–Crippen MR) is 47.9 cm³/mol. The first kappa shape index (κ1) is 12.0. The molecule has 0 aromatic carbocycles. The molecule has 0 bridgehead atoms. The van der Waals surface area contributed by atoms with E-state index in [9.17, 15) is 18.0 Å². The van der Waals surface area contributed by atoms with Gasteiger partial charge in [0.1, 0.15) is 0 Å². The number of esters is 1. The van der Waals surface area contributed by atoms with Gasteiger partial charge >= 0.3 is 12.1 Å². The van der Waals surface area contributed by atoms with Crippen molar-refractivity contribution < 1.29 is 22.7 Å². The van der Waals surface area contributed by atoms with Gasteiger partial charge in [0.25, 0.3) is 0 Å². The number of alkyl halides is 3. The molecule has 0 fully saturated rings. The molecule has 0 amide bonds. The molecule has 1 heterocycles.